The standard InChI is InChI=1S/C16H26N2OS/c1-4-14-15(20-12(3)17-14)10-18-8-7-16(19,11(2)9-18)13-5-6-13/h11,13,19H,4-10H2,1-3H3/t11-,16+/m1/s1. The fourth-order valence-electron chi connectivity index (χ4n) is 3.67. The number of thiazole rings is 1. The SMILES string of the molecule is CCc1nc(C)sc1CN1CC[C@@](O)(C2CC2)[C@H](C)C1. The van der Waals surface area contributed by atoms with Gasteiger partial charge in [-0.25, -0.2) is 4.98 Å². The second kappa shape index (κ2) is 5.39. The maximum absolute atomic E-state index is 10.8. The second-order valence-corrected chi connectivity index (χ2v) is 7.90. The Hall–Kier alpha value is -0.450. The first kappa shape index (κ1) is 14.5. The highest BCUT2D eigenvalue weighted by molar-refractivity contribution is 7.11. The van der Waals surface area contributed by atoms with Crippen LogP contribution in [0.1, 0.15) is 48.7 Å². The first-order chi connectivity index (χ1) is 9.53. The van der Waals surface area contributed by atoms with Crippen LogP contribution >= 0.6 is 11.3 Å². The third kappa shape index (κ3) is 2.66. The molecule has 112 valence electrons. The molecule has 0 amide bonds. The summed E-state index contributed by atoms with van der Waals surface area (Å²) >= 11 is 1.84. The molecule has 0 spiro atoms. The van der Waals surface area contributed by atoms with Gasteiger partial charge in [-0.15, -0.1) is 11.3 Å². The van der Waals surface area contributed by atoms with Crippen LogP contribution in [-0.2, 0) is 13.0 Å². The minimum atomic E-state index is -0.381. The summed E-state index contributed by atoms with van der Waals surface area (Å²) in [7, 11) is 0. The van der Waals surface area contributed by atoms with Gasteiger partial charge in [0, 0.05) is 24.5 Å². The van der Waals surface area contributed by atoms with Gasteiger partial charge in [0.1, 0.15) is 0 Å². The van der Waals surface area contributed by atoms with Gasteiger partial charge < -0.3 is 5.11 Å². The number of piperidine rings is 1. The van der Waals surface area contributed by atoms with Crippen molar-refractivity contribution in [3.05, 3.63) is 15.6 Å². The van der Waals surface area contributed by atoms with Crippen LogP contribution < -0.4 is 0 Å². The van der Waals surface area contributed by atoms with Crippen molar-refractivity contribution in [3.63, 3.8) is 0 Å². The first-order valence-corrected chi connectivity index (χ1v) is 8.74. The lowest BCUT2D eigenvalue weighted by Crippen LogP contribution is -2.51. The number of hydrogen-bond donors (Lipinski definition) is 1. The van der Waals surface area contributed by atoms with E-state index in [4.69, 9.17) is 0 Å². The first-order valence-electron chi connectivity index (χ1n) is 7.92. The van der Waals surface area contributed by atoms with E-state index in [2.05, 4.69) is 30.7 Å². The van der Waals surface area contributed by atoms with Crippen molar-refractivity contribution in [2.45, 2.75) is 58.6 Å². The molecule has 2 aliphatic rings. The molecule has 0 bridgehead atoms. The molecule has 2 fully saturated rings. The van der Waals surface area contributed by atoms with Gasteiger partial charge in [-0.3, -0.25) is 4.90 Å². The Kier molecular flexibility index (Phi) is 3.91. The largest absolute Gasteiger partial charge is 0.389 e. The normalized spacial score (nSPS) is 31.7. The molecule has 1 aromatic rings. The van der Waals surface area contributed by atoms with Gasteiger partial charge in [0.05, 0.1) is 16.3 Å². The zero-order chi connectivity index (χ0) is 14.3. The Balaban J connectivity index is 1.65. The van der Waals surface area contributed by atoms with E-state index in [9.17, 15) is 5.11 Å². The van der Waals surface area contributed by atoms with E-state index < -0.39 is 0 Å². The van der Waals surface area contributed by atoms with E-state index in [-0.39, 0.29) is 5.60 Å². The van der Waals surface area contributed by atoms with Gasteiger partial charge in [-0.05, 0) is 44.4 Å². The summed E-state index contributed by atoms with van der Waals surface area (Å²) in [4.78, 5) is 8.56. The van der Waals surface area contributed by atoms with Crippen LogP contribution in [0.25, 0.3) is 0 Å². The van der Waals surface area contributed by atoms with E-state index in [1.54, 1.807) is 0 Å². The number of aromatic nitrogens is 1. The average molecular weight is 294 g/mol. The lowest BCUT2D eigenvalue weighted by Gasteiger charge is -2.43. The molecule has 3 rings (SSSR count). The summed E-state index contributed by atoms with van der Waals surface area (Å²) in [5.41, 5.74) is 0.886. The predicted molar refractivity (Wildman–Crippen MR) is 83.0 cm³/mol. The zero-order valence-corrected chi connectivity index (χ0v) is 13.7. The van der Waals surface area contributed by atoms with Gasteiger partial charge in [-0.1, -0.05) is 13.8 Å². The molecule has 0 radical (unpaired) electrons. The van der Waals surface area contributed by atoms with Gasteiger partial charge >= 0.3 is 0 Å². The van der Waals surface area contributed by atoms with E-state index in [0.29, 0.717) is 11.8 Å². The van der Waals surface area contributed by atoms with Crippen LogP contribution in [0.2, 0.25) is 0 Å². The topological polar surface area (TPSA) is 36.4 Å². The molecule has 2 atom stereocenters. The van der Waals surface area contributed by atoms with Crippen molar-refractivity contribution < 1.29 is 5.11 Å². The molecule has 1 aromatic heterocycles. The lowest BCUT2D eigenvalue weighted by molar-refractivity contribution is -0.0831. The average Bonchev–Trinajstić information content (AvgIpc) is 3.20. The van der Waals surface area contributed by atoms with Gasteiger partial charge in [0.15, 0.2) is 0 Å². The van der Waals surface area contributed by atoms with E-state index in [0.717, 1.165) is 32.5 Å². The van der Waals surface area contributed by atoms with Crippen LogP contribution in [0, 0.1) is 18.8 Å². The van der Waals surface area contributed by atoms with Crippen molar-refractivity contribution in [3.8, 4) is 0 Å². The van der Waals surface area contributed by atoms with Gasteiger partial charge in [0.25, 0.3) is 0 Å². The van der Waals surface area contributed by atoms with Crippen LogP contribution in [-0.4, -0.2) is 33.7 Å². The van der Waals surface area contributed by atoms with E-state index >= 15 is 0 Å². The van der Waals surface area contributed by atoms with Crippen molar-refractivity contribution in [2.24, 2.45) is 11.8 Å². The third-order valence-corrected chi connectivity index (χ3v) is 6.08. The fraction of sp³-hybridized carbons (Fsp3) is 0.812. The smallest absolute Gasteiger partial charge is 0.0900 e. The summed E-state index contributed by atoms with van der Waals surface area (Å²) in [6, 6.07) is 0. The maximum Gasteiger partial charge on any atom is 0.0900 e. The number of likely N-dealkylation sites (tertiary alicyclic amines) is 1. The number of rotatable bonds is 4. The molecule has 1 aliphatic carbocycles. The molecule has 1 N–H and O–H groups in total. The lowest BCUT2D eigenvalue weighted by atomic mass is 9.78. The summed E-state index contributed by atoms with van der Waals surface area (Å²) < 4.78 is 0. The van der Waals surface area contributed by atoms with Crippen molar-refractivity contribution in [1.82, 2.24) is 9.88 Å². The molecular formula is C16H26N2OS. The van der Waals surface area contributed by atoms with Crippen LogP contribution in [0.3, 0.4) is 0 Å². The van der Waals surface area contributed by atoms with Crippen LogP contribution in [0.15, 0.2) is 0 Å². The number of hydrogen-bond acceptors (Lipinski definition) is 4. The Morgan fingerprint density at radius 3 is 2.80 bits per heavy atom. The summed E-state index contributed by atoms with van der Waals surface area (Å²) in [5, 5.41) is 12.0. The number of aryl methyl sites for hydroxylation is 2. The molecule has 2 heterocycles. The quantitative estimate of drug-likeness (QED) is 0.927. The molecule has 1 saturated carbocycles. The predicted octanol–water partition coefficient (Wildman–Crippen LogP) is 3.00. The molecule has 1 aliphatic heterocycles. The molecule has 1 saturated heterocycles. The minimum Gasteiger partial charge on any atom is -0.389 e. The van der Waals surface area contributed by atoms with Gasteiger partial charge in [0.2, 0.25) is 0 Å². The summed E-state index contributed by atoms with van der Waals surface area (Å²) in [6.45, 7) is 9.56. The molecule has 4 heteroatoms. The maximum atomic E-state index is 10.8. The Bertz CT molecular complexity index is 483. The van der Waals surface area contributed by atoms with E-state index in [1.165, 1.54) is 28.4 Å². The zero-order valence-electron chi connectivity index (χ0n) is 12.9. The highest BCUT2D eigenvalue weighted by Crippen LogP contribution is 2.47. The van der Waals surface area contributed by atoms with Crippen LogP contribution in [0.5, 0.6) is 0 Å². The summed E-state index contributed by atoms with van der Waals surface area (Å²) in [6.07, 6.45) is 4.43. The van der Waals surface area contributed by atoms with Crippen molar-refractivity contribution >= 4 is 11.3 Å². The molecule has 20 heavy (non-hydrogen) atoms. The third-order valence-electron chi connectivity index (χ3n) is 5.09. The molecule has 0 unspecified atom stereocenters. The number of nitrogens with zero attached hydrogens (tertiary/aromatic N) is 2. The number of aliphatic hydroxyl groups is 1. The Morgan fingerprint density at radius 2 is 2.20 bits per heavy atom. The Labute approximate surface area is 126 Å². The second-order valence-electron chi connectivity index (χ2n) is 6.61. The monoisotopic (exact) mass is 294 g/mol. The van der Waals surface area contributed by atoms with Gasteiger partial charge in [-0.2, -0.15) is 0 Å². The summed E-state index contributed by atoms with van der Waals surface area (Å²) in [5.74, 6) is 0.972. The highest BCUT2D eigenvalue weighted by atomic mass is 32.1. The van der Waals surface area contributed by atoms with E-state index in [1.807, 2.05) is 11.3 Å². The highest BCUT2D eigenvalue weighted by Gasteiger charge is 2.49. The van der Waals surface area contributed by atoms with Crippen molar-refractivity contribution in [1.29, 1.82) is 0 Å². The molecule has 0 aromatic carbocycles. The fourth-order valence-corrected chi connectivity index (χ4v) is 4.74. The van der Waals surface area contributed by atoms with Crippen LogP contribution in [0.4, 0.5) is 0 Å². The Morgan fingerprint density at radius 1 is 1.45 bits per heavy atom. The molecule has 3 nitrogen and oxygen atoms in total. The minimum absolute atomic E-state index is 0.381. The molecular weight excluding hydrogens is 268 g/mol. The van der Waals surface area contributed by atoms with Crippen molar-refractivity contribution in [2.75, 3.05) is 13.1 Å².